The Hall–Kier alpha value is -6.21. The van der Waals surface area contributed by atoms with E-state index in [4.69, 9.17) is 15.0 Å². The Morgan fingerprint density at radius 1 is 0.333 bits per heavy atom. The van der Waals surface area contributed by atoms with Crippen LogP contribution in [0.3, 0.4) is 0 Å². The van der Waals surface area contributed by atoms with E-state index in [9.17, 15) is 0 Å². The van der Waals surface area contributed by atoms with Crippen molar-refractivity contribution in [3.8, 4) is 39.9 Å². The van der Waals surface area contributed by atoms with Gasteiger partial charge in [-0.1, -0.05) is 97.1 Å². The van der Waals surface area contributed by atoms with Crippen molar-refractivity contribution in [3.63, 3.8) is 0 Å². The molecule has 0 radical (unpaired) electrons. The van der Waals surface area contributed by atoms with E-state index in [1.807, 2.05) is 11.3 Å². The molecule has 0 N–H and O–H groups in total. The van der Waals surface area contributed by atoms with Crippen LogP contribution >= 0.6 is 22.7 Å². The molecule has 4 nitrogen and oxygen atoms in total. The van der Waals surface area contributed by atoms with Crippen LogP contribution in [0, 0.1) is 0 Å². The molecule has 11 aromatic rings. The minimum atomic E-state index is 0.643. The van der Waals surface area contributed by atoms with Crippen molar-refractivity contribution in [1.82, 2.24) is 19.5 Å². The molecule has 0 amide bonds. The van der Waals surface area contributed by atoms with Gasteiger partial charge < -0.3 is 4.57 Å². The van der Waals surface area contributed by atoms with Gasteiger partial charge >= 0.3 is 0 Å². The third kappa shape index (κ3) is 4.54. The Kier molecular flexibility index (Phi) is 6.26. The molecule has 0 aliphatic rings. The molecule has 51 heavy (non-hydrogen) atoms. The Morgan fingerprint density at radius 3 is 1.51 bits per heavy atom. The van der Waals surface area contributed by atoms with Crippen molar-refractivity contribution in [2.75, 3.05) is 0 Å². The lowest BCUT2D eigenvalue weighted by atomic mass is 10.1. The number of fused-ring (bicyclic) bond motifs is 9. The molecule has 238 valence electrons. The van der Waals surface area contributed by atoms with Crippen LogP contribution in [0.15, 0.2) is 158 Å². The highest BCUT2D eigenvalue weighted by Crippen LogP contribution is 2.39. The number of rotatable bonds is 4. The first-order valence-corrected chi connectivity index (χ1v) is 18.6. The number of hydrogen-bond acceptors (Lipinski definition) is 5. The quantitative estimate of drug-likeness (QED) is 0.185. The van der Waals surface area contributed by atoms with Crippen molar-refractivity contribution in [2.24, 2.45) is 0 Å². The number of hydrogen-bond donors (Lipinski definition) is 0. The van der Waals surface area contributed by atoms with E-state index in [1.54, 1.807) is 11.3 Å². The molecule has 6 heteroatoms. The Labute approximate surface area is 300 Å². The lowest BCUT2D eigenvalue weighted by molar-refractivity contribution is 1.07. The van der Waals surface area contributed by atoms with Gasteiger partial charge in [-0.2, -0.15) is 0 Å². The summed E-state index contributed by atoms with van der Waals surface area (Å²) in [7, 11) is 0. The molecule has 0 aliphatic heterocycles. The summed E-state index contributed by atoms with van der Waals surface area (Å²) in [6.45, 7) is 0. The summed E-state index contributed by atoms with van der Waals surface area (Å²) in [4.78, 5) is 15.5. The van der Waals surface area contributed by atoms with Gasteiger partial charge in [0.2, 0.25) is 0 Å². The molecular weight excluding hydrogens is 661 g/mol. The van der Waals surface area contributed by atoms with E-state index in [-0.39, 0.29) is 0 Å². The van der Waals surface area contributed by atoms with Crippen LogP contribution in [-0.4, -0.2) is 19.5 Å². The lowest BCUT2D eigenvalue weighted by Gasteiger charge is -2.12. The number of thiophene rings is 2. The van der Waals surface area contributed by atoms with Crippen LogP contribution in [0.5, 0.6) is 0 Å². The summed E-state index contributed by atoms with van der Waals surface area (Å²) in [5.74, 6) is 1.96. The first-order chi connectivity index (χ1) is 25.2. The van der Waals surface area contributed by atoms with E-state index in [2.05, 4.69) is 162 Å². The van der Waals surface area contributed by atoms with Crippen LogP contribution in [0.1, 0.15) is 0 Å². The second-order valence-corrected chi connectivity index (χ2v) is 15.0. The maximum Gasteiger partial charge on any atom is 0.164 e. The van der Waals surface area contributed by atoms with Crippen LogP contribution in [0.4, 0.5) is 0 Å². The first-order valence-electron chi connectivity index (χ1n) is 16.9. The summed E-state index contributed by atoms with van der Waals surface area (Å²) in [6, 6.07) is 56.1. The molecular formula is C45H26N4S2. The van der Waals surface area contributed by atoms with Gasteiger partial charge in [-0.3, -0.25) is 0 Å². The number of para-hydroxylation sites is 2. The van der Waals surface area contributed by atoms with Gasteiger partial charge in [0.05, 0.1) is 11.0 Å². The number of aromatic nitrogens is 4. The van der Waals surface area contributed by atoms with E-state index in [1.165, 1.54) is 62.2 Å². The predicted octanol–water partition coefficient (Wildman–Crippen LogP) is 12.7. The zero-order valence-electron chi connectivity index (χ0n) is 27.1. The third-order valence-corrected chi connectivity index (χ3v) is 12.1. The fourth-order valence-corrected chi connectivity index (χ4v) is 9.71. The van der Waals surface area contributed by atoms with Crippen LogP contribution < -0.4 is 0 Å². The maximum atomic E-state index is 5.19. The molecule has 0 bridgehead atoms. The molecule has 0 saturated carbocycles. The lowest BCUT2D eigenvalue weighted by Crippen LogP contribution is -2.01. The minimum Gasteiger partial charge on any atom is -0.309 e. The highest BCUT2D eigenvalue weighted by atomic mass is 32.1. The SMILES string of the molecule is c1cc(-c2nc(-c3ccc4c(c3)sc3ccccc34)nc(-c3ccc4sc5ccccc5c4c3)n2)cc(-n2c3ccccc3c3ccccc32)c1. The highest BCUT2D eigenvalue weighted by molar-refractivity contribution is 7.26. The molecule has 4 aromatic heterocycles. The summed E-state index contributed by atoms with van der Waals surface area (Å²) in [5.41, 5.74) is 6.27. The molecule has 0 saturated heterocycles. The highest BCUT2D eigenvalue weighted by Gasteiger charge is 2.17. The number of nitrogens with zero attached hydrogens (tertiary/aromatic N) is 4. The van der Waals surface area contributed by atoms with Gasteiger partial charge in [-0.05, 0) is 60.7 Å². The first kappa shape index (κ1) is 28.6. The zero-order valence-corrected chi connectivity index (χ0v) is 28.7. The summed E-state index contributed by atoms with van der Waals surface area (Å²) < 4.78 is 7.36. The van der Waals surface area contributed by atoms with Gasteiger partial charge in [-0.25, -0.2) is 15.0 Å². The average Bonchev–Trinajstić information content (AvgIpc) is 3.87. The zero-order chi connectivity index (χ0) is 33.5. The van der Waals surface area contributed by atoms with Gasteiger partial charge in [-0.15, -0.1) is 22.7 Å². The van der Waals surface area contributed by atoms with Gasteiger partial charge in [0, 0.05) is 73.5 Å². The minimum absolute atomic E-state index is 0.643. The van der Waals surface area contributed by atoms with Crippen molar-refractivity contribution in [3.05, 3.63) is 158 Å². The molecule has 4 heterocycles. The molecule has 11 rings (SSSR count). The summed E-state index contributed by atoms with van der Waals surface area (Å²) in [6.07, 6.45) is 0. The van der Waals surface area contributed by atoms with Crippen molar-refractivity contribution >= 4 is 84.8 Å². The molecule has 0 spiro atoms. The Bertz CT molecular complexity index is 3110. The normalized spacial score (nSPS) is 11.9. The summed E-state index contributed by atoms with van der Waals surface area (Å²) in [5, 5.41) is 7.47. The van der Waals surface area contributed by atoms with Crippen LogP contribution in [-0.2, 0) is 0 Å². The van der Waals surface area contributed by atoms with Crippen LogP contribution in [0.2, 0.25) is 0 Å². The van der Waals surface area contributed by atoms with Gasteiger partial charge in [0.15, 0.2) is 17.5 Å². The van der Waals surface area contributed by atoms with Gasteiger partial charge in [0.25, 0.3) is 0 Å². The van der Waals surface area contributed by atoms with Crippen molar-refractivity contribution in [2.45, 2.75) is 0 Å². The molecule has 7 aromatic carbocycles. The fourth-order valence-electron chi connectivity index (χ4n) is 7.48. The monoisotopic (exact) mass is 686 g/mol. The van der Waals surface area contributed by atoms with Crippen molar-refractivity contribution in [1.29, 1.82) is 0 Å². The van der Waals surface area contributed by atoms with E-state index in [0.29, 0.717) is 17.5 Å². The second kappa shape index (κ2) is 11.2. The van der Waals surface area contributed by atoms with Gasteiger partial charge in [0.1, 0.15) is 0 Å². The predicted molar refractivity (Wildman–Crippen MR) is 216 cm³/mol. The molecule has 0 atom stereocenters. The topological polar surface area (TPSA) is 43.6 Å². The fraction of sp³-hybridized carbons (Fsp3) is 0. The molecule has 0 aliphatic carbocycles. The molecule has 0 fully saturated rings. The third-order valence-electron chi connectivity index (χ3n) is 9.85. The van der Waals surface area contributed by atoms with Crippen LogP contribution in [0.25, 0.3) is 102 Å². The second-order valence-electron chi connectivity index (χ2n) is 12.8. The Morgan fingerprint density at radius 2 is 0.824 bits per heavy atom. The molecule has 0 unspecified atom stereocenters. The smallest absolute Gasteiger partial charge is 0.164 e. The largest absolute Gasteiger partial charge is 0.309 e. The van der Waals surface area contributed by atoms with E-state index >= 15 is 0 Å². The average molecular weight is 687 g/mol. The maximum absolute atomic E-state index is 5.19. The van der Waals surface area contributed by atoms with E-state index in [0.717, 1.165) is 22.4 Å². The standard InChI is InChI=1S/C45H26N4S2/c1-5-16-37-31(12-1)32-13-2-6-17-38(32)49(37)30-11-9-10-27(24-30)43-46-44(28-21-23-41-36(25-28)34-15-4-8-19-40(34)50-41)48-45(47-43)29-20-22-35-33-14-3-7-18-39(33)51-42(35)26-29/h1-26H. The van der Waals surface area contributed by atoms with E-state index < -0.39 is 0 Å². The van der Waals surface area contributed by atoms with Crippen molar-refractivity contribution < 1.29 is 0 Å². The summed E-state index contributed by atoms with van der Waals surface area (Å²) >= 11 is 3.62. The Balaban J connectivity index is 1.12. The number of benzene rings is 7.